The molecule has 5 nitrogen and oxygen atoms in total. The lowest BCUT2D eigenvalue weighted by atomic mass is 9.86. The minimum absolute atomic E-state index is 0.0354. The van der Waals surface area contributed by atoms with Crippen molar-refractivity contribution in [3.63, 3.8) is 0 Å². The third-order valence-electron chi connectivity index (χ3n) is 5.07. The van der Waals surface area contributed by atoms with Crippen LogP contribution < -0.4 is 5.32 Å². The molecule has 1 fully saturated rings. The summed E-state index contributed by atoms with van der Waals surface area (Å²) in [6.07, 6.45) is 8.72. The van der Waals surface area contributed by atoms with Crippen LogP contribution >= 0.6 is 0 Å². The quantitative estimate of drug-likeness (QED) is 0.867. The molecule has 1 N–H and O–H groups in total. The molecule has 4 rings (SSSR count). The summed E-state index contributed by atoms with van der Waals surface area (Å²) in [6, 6.07) is 6.07. The van der Waals surface area contributed by atoms with Gasteiger partial charge >= 0.3 is 6.03 Å². The molecular formula is C18H22N4O. The number of urea groups is 1. The Kier molecular flexibility index (Phi) is 3.56. The number of hydrogen-bond donors (Lipinski definition) is 1. The summed E-state index contributed by atoms with van der Waals surface area (Å²) < 4.78 is 2.05. The average Bonchev–Trinajstić information content (AvgIpc) is 3.17. The molecule has 2 amide bonds. The number of aromatic nitrogens is 2. The Morgan fingerprint density at radius 2 is 2.00 bits per heavy atom. The normalized spacial score (nSPS) is 23.3. The van der Waals surface area contributed by atoms with E-state index in [9.17, 15) is 4.79 Å². The van der Waals surface area contributed by atoms with E-state index in [2.05, 4.69) is 39.8 Å². The number of likely N-dealkylation sites (tertiary alicyclic amines) is 1. The van der Waals surface area contributed by atoms with Crippen LogP contribution in [0.25, 0.3) is 5.65 Å². The van der Waals surface area contributed by atoms with Gasteiger partial charge in [0.2, 0.25) is 0 Å². The van der Waals surface area contributed by atoms with Crippen molar-refractivity contribution in [2.45, 2.75) is 26.3 Å². The Hall–Kier alpha value is -2.30. The molecule has 0 unspecified atom stereocenters. The number of nitrogens with zero attached hydrogens (tertiary/aromatic N) is 3. The van der Waals surface area contributed by atoms with Crippen molar-refractivity contribution in [2.24, 2.45) is 11.8 Å². The lowest BCUT2D eigenvalue weighted by Gasteiger charge is -2.17. The van der Waals surface area contributed by atoms with Crippen molar-refractivity contribution in [1.29, 1.82) is 0 Å². The summed E-state index contributed by atoms with van der Waals surface area (Å²) in [5.41, 5.74) is 2.96. The van der Waals surface area contributed by atoms with Crippen LogP contribution in [0, 0.1) is 18.8 Å². The number of carbonyl (C=O) groups excluding carboxylic acids is 1. The number of pyridine rings is 1. The Labute approximate surface area is 136 Å². The van der Waals surface area contributed by atoms with Gasteiger partial charge in [0.1, 0.15) is 5.65 Å². The first-order chi connectivity index (χ1) is 11.2. The first-order valence-corrected chi connectivity index (χ1v) is 8.32. The van der Waals surface area contributed by atoms with Crippen molar-refractivity contribution in [3.05, 3.63) is 47.9 Å². The number of carbonyl (C=O) groups is 1. The van der Waals surface area contributed by atoms with Crippen LogP contribution in [-0.4, -0.2) is 33.4 Å². The van der Waals surface area contributed by atoms with Crippen LogP contribution in [0.5, 0.6) is 0 Å². The number of hydrogen-bond acceptors (Lipinski definition) is 2. The molecule has 0 saturated carbocycles. The predicted octanol–water partition coefficient (Wildman–Crippen LogP) is 2.75. The van der Waals surface area contributed by atoms with Gasteiger partial charge in [-0.25, -0.2) is 9.78 Å². The largest absolute Gasteiger partial charge is 0.332 e. The second-order valence-corrected chi connectivity index (χ2v) is 6.65. The number of fused-ring (bicyclic) bond motifs is 2. The van der Waals surface area contributed by atoms with Gasteiger partial charge in [0.05, 0.1) is 12.2 Å². The van der Waals surface area contributed by atoms with Gasteiger partial charge in [-0.05, 0) is 43.7 Å². The summed E-state index contributed by atoms with van der Waals surface area (Å²) in [6.45, 7) is 4.29. The van der Waals surface area contributed by atoms with Gasteiger partial charge in [-0.1, -0.05) is 18.2 Å². The van der Waals surface area contributed by atoms with Crippen LogP contribution in [-0.2, 0) is 6.54 Å². The lowest BCUT2D eigenvalue weighted by Crippen LogP contribution is -2.38. The molecule has 2 aromatic heterocycles. The third-order valence-corrected chi connectivity index (χ3v) is 5.07. The van der Waals surface area contributed by atoms with Crippen LogP contribution in [0.1, 0.15) is 24.2 Å². The zero-order valence-corrected chi connectivity index (χ0v) is 13.4. The maximum absolute atomic E-state index is 12.4. The molecular weight excluding hydrogens is 288 g/mol. The zero-order valence-electron chi connectivity index (χ0n) is 13.4. The Balaban J connectivity index is 1.38. The van der Waals surface area contributed by atoms with Gasteiger partial charge in [-0.15, -0.1) is 0 Å². The Bertz CT molecular complexity index is 747. The number of amides is 2. The predicted molar refractivity (Wildman–Crippen MR) is 89.1 cm³/mol. The smallest absolute Gasteiger partial charge is 0.317 e. The molecule has 0 aromatic carbocycles. The summed E-state index contributed by atoms with van der Waals surface area (Å²) in [5, 5.41) is 3.02. The molecule has 0 spiro atoms. The summed E-state index contributed by atoms with van der Waals surface area (Å²) in [5.74, 6) is 1.28. The topological polar surface area (TPSA) is 49.6 Å². The highest BCUT2D eigenvalue weighted by Gasteiger charge is 2.34. The van der Waals surface area contributed by atoms with E-state index in [-0.39, 0.29) is 6.03 Å². The molecule has 0 radical (unpaired) electrons. The molecule has 5 heteroatoms. The van der Waals surface area contributed by atoms with Crippen LogP contribution in [0.2, 0.25) is 0 Å². The van der Waals surface area contributed by atoms with E-state index in [0.29, 0.717) is 18.4 Å². The van der Waals surface area contributed by atoms with E-state index in [1.807, 2.05) is 23.2 Å². The number of aryl methyl sites for hydroxylation is 1. The highest BCUT2D eigenvalue weighted by Crippen LogP contribution is 2.32. The minimum Gasteiger partial charge on any atom is -0.332 e. The van der Waals surface area contributed by atoms with Crippen molar-refractivity contribution in [2.75, 3.05) is 13.1 Å². The van der Waals surface area contributed by atoms with Gasteiger partial charge in [0.15, 0.2) is 0 Å². The molecule has 1 aliphatic heterocycles. The second kappa shape index (κ2) is 5.72. The first kappa shape index (κ1) is 14.3. The van der Waals surface area contributed by atoms with Gasteiger partial charge in [-0.2, -0.15) is 0 Å². The van der Waals surface area contributed by atoms with E-state index in [4.69, 9.17) is 0 Å². The fraction of sp³-hybridized carbons (Fsp3) is 0.444. The average molecular weight is 310 g/mol. The van der Waals surface area contributed by atoms with E-state index in [1.165, 1.54) is 0 Å². The molecule has 0 bridgehead atoms. The number of allylic oxidation sites excluding steroid dienone is 2. The van der Waals surface area contributed by atoms with Crippen LogP contribution in [0.15, 0.2) is 36.5 Å². The van der Waals surface area contributed by atoms with Gasteiger partial charge in [0.25, 0.3) is 0 Å². The molecule has 120 valence electrons. The number of nitrogens with one attached hydrogen (secondary N) is 1. The monoisotopic (exact) mass is 310 g/mol. The van der Waals surface area contributed by atoms with Crippen molar-refractivity contribution in [3.8, 4) is 0 Å². The molecule has 23 heavy (non-hydrogen) atoms. The SMILES string of the molecule is Cc1cccc2nc(CNC(=O)N3C[C@@H]4CC=CC[C@H]4C3)cn12. The van der Waals surface area contributed by atoms with Crippen LogP contribution in [0.4, 0.5) is 4.79 Å². The molecule has 1 aliphatic carbocycles. The van der Waals surface area contributed by atoms with Crippen molar-refractivity contribution >= 4 is 11.7 Å². The fourth-order valence-electron chi connectivity index (χ4n) is 3.74. The van der Waals surface area contributed by atoms with Gasteiger partial charge in [0, 0.05) is 25.0 Å². The molecule has 2 atom stereocenters. The minimum atomic E-state index is 0.0354. The molecule has 3 heterocycles. The van der Waals surface area contributed by atoms with Crippen LogP contribution in [0.3, 0.4) is 0 Å². The Morgan fingerprint density at radius 3 is 2.70 bits per heavy atom. The summed E-state index contributed by atoms with van der Waals surface area (Å²) >= 11 is 0. The first-order valence-electron chi connectivity index (χ1n) is 8.32. The summed E-state index contributed by atoms with van der Waals surface area (Å²) in [7, 11) is 0. The van der Waals surface area contributed by atoms with E-state index >= 15 is 0 Å². The third kappa shape index (κ3) is 2.71. The molecule has 2 aliphatic rings. The van der Waals surface area contributed by atoms with Gasteiger partial charge in [-0.3, -0.25) is 0 Å². The fourth-order valence-corrected chi connectivity index (χ4v) is 3.74. The van der Waals surface area contributed by atoms with E-state index < -0.39 is 0 Å². The highest BCUT2D eigenvalue weighted by molar-refractivity contribution is 5.74. The molecule has 2 aromatic rings. The van der Waals surface area contributed by atoms with E-state index in [0.717, 1.165) is 43.0 Å². The van der Waals surface area contributed by atoms with Crippen molar-refractivity contribution < 1.29 is 4.79 Å². The summed E-state index contributed by atoms with van der Waals surface area (Å²) in [4.78, 5) is 18.9. The maximum Gasteiger partial charge on any atom is 0.317 e. The standard InChI is InChI=1S/C18H22N4O/c1-13-5-4-8-17-20-16(12-22(13)17)9-19-18(23)21-10-14-6-2-3-7-15(14)11-21/h2-5,8,12,14-15H,6-7,9-11H2,1H3,(H,19,23)/t14-,15-/m0/s1. The second-order valence-electron chi connectivity index (χ2n) is 6.65. The zero-order chi connectivity index (χ0) is 15.8. The number of rotatable bonds is 2. The lowest BCUT2D eigenvalue weighted by molar-refractivity contribution is 0.206. The van der Waals surface area contributed by atoms with Crippen molar-refractivity contribution in [1.82, 2.24) is 19.6 Å². The van der Waals surface area contributed by atoms with E-state index in [1.54, 1.807) is 0 Å². The number of imidazole rings is 1. The molecule has 1 saturated heterocycles. The maximum atomic E-state index is 12.4. The highest BCUT2D eigenvalue weighted by atomic mass is 16.2. The Morgan fingerprint density at radius 1 is 1.26 bits per heavy atom. The van der Waals surface area contributed by atoms with Gasteiger partial charge < -0.3 is 14.6 Å².